The van der Waals surface area contributed by atoms with Gasteiger partial charge in [0.1, 0.15) is 17.1 Å². The van der Waals surface area contributed by atoms with E-state index < -0.39 is 23.1 Å². The van der Waals surface area contributed by atoms with E-state index in [0.29, 0.717) is 29.7 Å². The summed E-state index contributed by atoms with van der Waals surface area (Å²) in [6.45, 7) is 7.38. The summed E-state index contributed by atoms with van der Waals surface area (Å²) in [4.78, 5) is 6.21. The number of halogens is 3. The van der Waals surface area contributed by atoms with Gasteiger partial charge in [0.15, 0.2) is 5.82 Å². The molecule has 2 aromatic heterocycles. The van der Waals surface area contributed by atoms with Gasteiger partial charge in [-0.1, -0.05) is 0 Å². The van der Waals surface area contributed by atoms with Gasteiger partial charge in [-0.3, -0.25) is 4.90 Å². The summed E-state index contributed by atoms with van der Waals surface area (Å²) in [5.74, 6) is 0.0294. The van der Waals surface area contributed by atoms with Crippen molar-refractivity contribution in [2.45, 2.75) is 70.3 Å². The minimum Gasteiger partial charge on any atom is -0.506 e. The zero-order valence-electron chi connectivity index (χ0n) is 18.4. The lowest BCUT2D eigenvalue weighted by molar-refractivity contribution is -0.137. The van der Waals surface area contributed by atoms with Gasteiger partial charge in [-0.25, -0.2) is 4.98 Å². The molecule has 1 saturated heterocycles. The number of hydrogen-bond acceptors (Lipinski definition) is 7. The number of aromatic nitrogens is 3. The molecule has 32 heavy (non-hydrogen) atoms. The molecule has 0 aromatic carbocycles. The summed E-state index contributed by atoms with van der Waals surface area (Å²) < 4.78 is 38.6. The van der Waals surface area contributed by atoms with E-state index in [1.54, 1.807) is 6.92 Å². The van der Waals surface area contributed by atoms with Crippen molar-refractivity contribution in [3.05, 3.63) is 29.0 Å². The first-order valence-corrected chi connectivity index (χ1v) is 10.8. The lowest BCUT2D eigenvalue weighted by Gasteiger charge is -2.49. The molecular formula is C22H28F3N5O2. The predicted molar refractivity (Wildman–Crippen MR) is 113 cm³/mol. The second-order valence-electron chi connectivity index (χ2n) is 9.27. The minimum absolute atomic E-state index is 0.0291. The molecule has 174 valence electrons. The predicted octanol–water partition coefficient (Wildman–Crippen LogP) is 3.67. The van der Waals surface area contributed by atoms with E-state index in [9.17, 15) is 23.4 Å². The maximum Gasteiger partial charge on any atom is 0.418 e. The third-order valence-electron chi connectivity index (χ3n) is 6.60. The molecule has 3 N–H and O–H groups in total. The molecule has 1 atom stereocenters. The van der Waals surface area contributed by atoms with E-state index in [1.165, 1.54) is 0 Å². The highest BCUT2D eigenvalue weighted by Gasteiger charge is 2.42. The summed E-state index contributed by atoms with van der Waals surface area (Å²) in [6, 6.07) is 1.24. The van der Waals surface area contributed by atoms with E-state index in [4.69, 9.17) is 0 Å². The van der Waals surface area contributed by atoms with Gasteiger partial charge >= 0.3 is 6.18 Å². The zero-order chi connectivity index (χ0) is 23.3. The van der Waals surface area contributed by atoms with Gasteiger partial charge in [0.05, 0.1) is 11.2 Å². The molecule has 1 aliphatic heterocycles. The molecule has 0 spiro atoms. The van der Waals surface area contributed by atoms with Crippen LogP contribution in [-0.4, -0.2) is 61.1 Å². The van der Waals surface area contributed by atoms with Crippen molar-refractivity contribution in [2.24, 2.45) is 0 Å². The fraction of sp³-hybridized carbons (Fsp3) is 0.591. The summed E-state index contributed by atoms with van der Waals surface area (Å²) in [5.41, 5.74) is 0.138. The van der Waals surface area contributed by atoms with Gasteiger partial charge in [-0.05, 0) is 70.2 Å². The normalized spacial score (nSPS) is 26.6. The van der Waals surface area contributed by atoms with Gasteiger partial charge in [0.2, 0.25) is 0 Å². The van der Waals surface area contributed by atoms with Crippen molar-refractivity contribution < 1.29 is 23.4 Å². The number of piperidine rings is 1. The van der Waals surface area contributed by atoms with E-state index in [-0.39, 0.29) is 17.4 Å². The van der Waals surface area contributed by atoms with Gasteiger partial charge in [-0.2, -0.15) is 13.2 Å². The van der Waals surface area contributed by atoms with Gasteiger partial charge < -0.3 is 15.5 Å². The summed E-state index contributed by atoms with van der Waals surface area (Å²) >= 11 is 0. The fourth-order valence-corrected chi connectivity index (χ4v) is 4.62. The van der Waals surface area contributed by atoms with Gasteiger partial charge in [0, 0.05) is 24.8 Å². The standard InChI is InChI=1S/C22H28F3N5O2/c1-12-13(2)20(27-15-5-4-6-30(11-15)16-8-21(3,32)9-16)29-28-18(12)19-17(31)7-14(10-26-19)22(23,24)25/h7,10,15-16,31-32H,4-6,8-9,11H2,1-3H3,(H,27,29). The number of likely N-dealkylation sites (tertiary alicyclic amines) is 1. The molecule has 1 saturated carbocycles. The Morgan fingerprint density at radius 3 is 2.50 bits per heavy atom. The molecule has 2 aliphatic rings. The molecule has 7 nitrogen and oxygen atoms in total. The zero-order valence-corrected chi connectivity index (χ0v) is 18.4. The highest BCUT2D eigenvalue weighted by molar-refractivity contribution is 5.68. The van der Waals surface area contributed by atoms with Crippen LogP contribution in [0.4, 0.5) is 19.0 Å². The summed E-state index contributed by atoms with van der Waals surface area (Å²) in [6.07, 6.45) is -0.291. The van der Waals surface area contributed by atoms with E-state index >= 15 is 0 Å². The van der Waals surface area contributed by atoms with Crippen LogP contribution in [0.5, 0.6) is 5.75 Å². The first kappa shape index (κ1) is 22.7. The molecule has 0 radical (unpaired) electrons. The molecule has 3 heterocycles. The van der Waals surface area contributed by atoms with E-state index in [2.05, 4.69) is 25.4 Å². The van der Waals surface area contributed by atoms with Crippen LogP contribution in [0.2, 0.25) is 0 Å². The number of pyridine rings is 1. The topological polar surface area (TPSA) is 94.4 Å². The van der Waals surface area contributed by atoms with Crippen LogP contribution in [0.1, 0.15) is 49.3 Å². The van der Waals surface area contributed by atoms with Crippen LogP contribution >= 0.6 is 0 Å². The second-order valence-corrected chi connectivity index (χ2v) is 9.27. The highest BCUT2D eigenvalue weighted by atomic mass is 19.4. The third kappa shape index (κ3) is 4.52. The minimum atomic E-state index is -4.59. The average molecular weight is 451 g/mol. The highest BCUT2D eigenvalue weighted by Crippen LogP contribution is 2.38. The summed E-state index contributed by atoms with van der Waals surface area (Å²) in [7, 11) is 0. The number of alkyl halides is 3. The van der Waals surface area contributed by atoms with Crippen molar-refractivity contribution in [1.29, 1.82) is 0 Å². The maximum atomic E-state index is 12.9. The van der Waals surface area contributed by atoms with Crippen LogP contribution in [-0.2, 0) is 6.18 Å². The second kappa shape index (κ2) is 8.15. The number of anilines is 1. The van der Waals surface area contributed by atoms with Crippen LogP contribution in [0.15, 0.2) is 12.3 Å². The Labute approximate surface area is 184 Å². The first-order valence-electron chi connectivity index (χ1n) is 10.8. The lowest BCUT2D eigenvalue weighted by Crippen LogP contribution is -2.57. The molecule has 1 unspecified atom stereocenters. The largest absolute Gasteiger partial charge is 0.506 e. The molecule has 2 aromatic rings. The molecule has 0 bridgehead atoms. The van der Waals surface area contributed by atoms with E-state index in [1.807, 2.05) is 13.8 Å². The lowest BCUT2D eigenvalue weighted by atomic mass is 9.76. The van der Waals surface area contributed by atoms with Crippen LogP contribution in [0, 0.1) is 13.8 Å². The number of aliphatic hydroxyl groups is 1. The molecule has 4 rings (SSSR count). The SMILES string of the molecule is Cc1c(NC2CCCN(C3CC(C)(O)C3)C2)nnc(-c2ncc(C(F)(F)F)cc2O)c1C. The number of nitrogens with one attached hydrogen (secondary N) is 1. The smallest absolute Gasteiger partial charge is 0.418 e. The Hall–Kier alpha value is -2.46. The van der Waals surface area contributed by atoms with Gasteiger partial charge in [-0.15, -0.1) is 10.2 Å². The van der Waals surface area contributed by atoms with Crippen LogP contribution in [0.25, 0.3) is 11.4 Å². The average Bonchev–Trinajstić information content (AvgIpc) is 2.70. The number of nitrogens with zero attached hydrogens (tertiary/aromatic N) is 4. The quantitative estimate of drug-likeness (QED) is 0.653. The van der Waals surface area contributed by atoms with Crippen LogP contribution < -0.4 is 5.32 Å². The van der Waals surface area contributed by atoms with E-state index in [0.717, 1.165) is 44.3 Å². The van der Waals surface area contributed by atoms with Crippen molar-refractivity contribution in [2.75, 3.05) is 18.4 Å². The Kier molecular flexibility index (Phi) is 5.79. The Morgan fingerprint density at radius 1 is 1.16 bits per heavy atom. The number of rotatable bonds is 4. The molecule has 2 fully saturated rings. The Bertz CT molecular complexity index is 1000. The molecular weight excluding hydrogens is 423 g/mol. The fourth-order valence-electron chi connectivity index (χ4n) is 4.62. The molecule has 10 heteroatoms. The monoisotopic (exact) mass is 451 g/mol. The summed E-state index contributed by atoms with van der Waals surface area (Å²) in [5, 5.41) is 32.0. The van der Waals surface area contributed by atoms with Gasteiger partial charge in [0.25, 0.3) is 0 Å². The van der Waals surface area contributed by atoms with Crippen LogP contribution in [0.3, 0.4) is 0 Å². The Balaban J connectivity index is 1.50. The van der Waals surface area contributed by atoms with Crippen molar-refractivity contribution >= 4 is 5.82 Å². The molecule has 1 aliphatic carbocycles. The third-order valence-corrected chi connectivity index (χ3v) is 6.60. The Morgan fingerprint density at radius 2 is 1.88 bits per heavy atom. The van der Waals surface area contributed by atoms with Crippen molar-refractivity contribution in [1.82, 2.24) is 20.1 Å². The first-order chi connectivity index (χ1) is 14.9. The van der Waals surface area contributed by atoms with Crippen molar-refractivity contribution in [3.8, 4) is 17.1 Å². The van der Waals surface area contributed by atoms with Crippen molar-refractivity contribution in [3.63, 3.8) is 0 Å². The number of hydrogen-bond donors (Lipinski definition) is 3. The maximum absolute atomic E-state index is 12.9. The molecule has 0 amide bonds. The number of aromatic hydroxyl groups is 1.